The molecule has 2 aromatic rings. The minimum Gasteiger partial charge on any atom is -0.493 e. The molecule has 0 aromatic heterocycles. The zero-order valence-corrected chi connectivity index (χ0v) is 24.2. The molecule has 1 heterocycles. The van der Waals surface area contributed by atoms with Crippen molar-refractivity contribution < 1.29 is 23.8 Å². The van der Waals surface area contributed by atoms with E-state index < -0.39 is 0 Å². The molecule has 3 atom stereocenters. The largest absolute Gasteiger partial charge is 0.493 e. The number of morpholine rings is 1. The molecular weight excluding hydrogens is 516 g/mol. The Hall–Kier alpha value is -3.19. The topological polar surface area (TPSA) is 77.1 Å². The number of ether oxygens (including phenoxy) is 3. The predicted molar refractivity (Wildman–Crippen MR) is 153 cm³/mol. The van der Waals surface area contributed by atoms with Crippen LogP contribution in [0.4, 0.5) is 0 Å². The van der Waals surface area contributed by atoms with Crippen molar-refractivity contribution in [2.45, 2.75) is 58.6 Å². The van der Waals surface area contributed by atoms with E-state index in [2.05, 4.69) is 26.1 Å². The molecule has 2 aromatic carbocycles. The number of carbonyl (C=O) groups is 2. The fraction of sp³-hybridized carbons (Fsp3) is 0.484. The van der Waals surface area contributed by atoms with E-state index in [0.29, 0.717) is 35.4 Å². The van der Waals surface area contributed by atoms with Crippen LogP contribution in [0.2, 0.25) is 5.02 Å². The number of carbonyl (C=O) groups excluding carboxylic acids is 2. The summed E-state index contributed by atoms with van der Waals surface area (Å²) in [6, 6.07) is 12.8. The SMILES string of the molecule is COc1ccc(CCNC(=O)CN2C(=O)/C(=C\c3ccc(Cl)cc3)OC3CCC(C(C)(C)C)CC32)cc1OC. The molecule has 1 aliphatic heterocycles. The van der Waals surface area contributed by atoms with Crippen LogP contribution in [-0.4, -0.2) is 56.2 Å². The highest BCUT2D eigenvalue weighted by molar-refractivity contribution is 6.30. The maximum absolute atomic E-state index is 13.7. The molecule has 7 nitrogen and oxygen atoms in total. The van der Waals surface area contributed by atoms with Gasteiger partial charge in [-0.15, -0.1) is 0 Å². The molecule has 1 aliphatic carbocycles. The summed E-state index contributed by atoms with van der Waals surface area (Å²) in [6.07, 6.45) is 4.91. The number of benzene rings is 2. The average Bonchev–Trinajstić information content (AvgIpc) is 2.91. The Morgan fingerprint density at radius 2 is 1.82 bits per heavy atom. The second kappa shape index (κ2) is 12.3. The molecule has 0 bridgehead atoms. The monoisotopic (exact) mass is 554 g/mol. The zero-order chi connectivity index (χ0) is 28.2. The van der Waals surface area contributed by atoms with Crippen LogP contribution in [0, 0.1) is 11.3 Å². The third kappa shape index (κ3) is 7.07. The normalized spacial score (nSPS) is 22.2. The van der Waals surface area contributed by atoms with Crippen molar-refractivity contribution in [3.63, 3.8) is 0 Å². The van der Waals surface area contributed by atoms with Gasteiger partial charge in [0.15, 0.2) is 17.3 Å². The molecule has 2 fully saturated rings. The van der Waals surface area contributed by atoms with E-state index >= 15 is 0 Å². The van der Waals surface area contributed by atoms with Gasteiger partial charge in [-0.25, -0.2) is 0 Å². The minimum absolute atomic E-state index is 0.00981. The first-order valence-corrected chi connectivity index (χ1v) is 13.9. The Kier molecular flexibility index (Phi) is 9.11. The maximum Gasteiger partial charge on any atom is 0.289 e. The highest BCUT2D eigenvalue weighted by Crippen LogP contribution is 2.43. The van der Waals surface area contributed by atoms with Crippen molar-refractivity contribution in [1.82, 2.24) is 10.2 Å². The summed E-state index contributed by atoms with van der Waals surface area (Å²) in [6.45, 7) is 7.14. The summed E-state index contributed by atoms with van der Waals surface area (Å²) in [7, 11) is 3.20. The van der Waals surface area contributed by atoms with Gasteiger partial charge < -0.3 is 24.4 Å². The molecule has 0 radical (unpaired) electrons. The summed E-state index contributed by atoms with van der Waals surface area (Å²) < 4.78 is 16.9. The molecule has 1 N–H and O–H groups in total. The third-order valence-electron chi connectivity index (χ3n) is 7.80. The predicted octanol–water partition coefficient (Wildman–Crippen LogP) is 5.50. The van der Waals surface area contributed by atoms with Crippen LogP contribution < -0.4 is 14.8 Å². The van der Waals surface area contributed by atoms with Crippen LogP contribution in [0.3, 0.4) is 0 Å². The average molecular weight is 555 g/mol. The fourth-order valence-electron chi connectivity index (χ4n) is 5.46. The van der Waals surface area contributed by atoms with Crippen LogP contribution in [0.25, 0.3) is 6.08 Å². The maximum atomic E-state index is 13.7. The summed E-state index contributed by atoms with van der Waals surface area (Å²) >= 11 is 6.03. The highest BCUT2D eigenvalue weighted by atomic mass is 35.5. The number of nitrogens with one attached hydrogen (secondary N) is 1. The van der Waals surface area contributed by atoms with Gasteiger partial charge in [0.05, 0.1) is 20.3 Å². The van der Waals surface area contributed by atoms with Crippen LogP contribution in [-0.2, 0) is 20.7 Å². The van der Waals surface area contributed by atoms with E-state index in [1.54, 1.807) is 37.3 Å². The molecule has 3 unspecified atom stereocenters. The van der Waals surface area contributed by atoms with Crippen molar-refractivity contribution in [2.24, 2.45) is 11.3 Å². The first kappa shape index (κ1) is 28.8. The van der Waals surface area contributed by atoms with Crippen molar-refractivity contribution >= 4 is 29.5 Å². The number of halogens is 1. The molecule has 0 spiro atoms. The number of hydrogen-bond acceptors (Lipinski definition) is 5. The smallest absolute Gasteiger partial charge is 0.289 e. The standard InChI is InChI=1S/C31H39ClN2O5/c1-31(2,3)22-9-13-25-24(18-22)34(30(36)28(39-25)17-20-6-10-23(32)11-7-20)19-29(35)33-15-14-21-8-12-26(37-4)27(16-21)38-5/h6-8,10-12,16-17,22,24-25H,9,13-15,18-19H2,1-5H3,(H,33,35)/b28-17+. The van der Waals surface area contributed by atoms with Gasteiger partial charge in [0, 0.05) is 11.6 Å². The third-order valence-corrected chi connectivity index (χ3v) is 8.05. The first-order chi connectivity index (χ1) is 18.6. The van der Waals surface area contributed by atoms with Crippen molar-refractivity contribution in [3.8, 4) is 11.5 Å². The number of rotatable bonds is 8. The first-order valence-electron chi connectivity index (χ1n) is 13.5. The number of fused-ring (bicyclic) bond motifs is 1. The Morgan fingerprint density at radius 1 is 1.10 bits per heavy atom. The van der Waals surface area contributed by atoms with E-state index in [1.165, 1.54) is 0 Å². The van der Waals surface area contributed by atoms with Crippen molar-refractivity contribution in [1.29, 1.82) is 0 Å². The van der Waals surface area contributed by atoms with E-state index in [1.807, 2.05) is 30.3 Å². The lowest BCUT2D eigenvalue weighted by atomic mass is 9.69. The van der Waals surface area contributed by atoms with Crippen molar-refractivity contribution in [2.75, 3.05) is 27.3 Å². The van der Waals surface area contributed by atoms with Crippen molar-refractivity contribution in [3.05, 3.63) is 64.4 Å². The summed E-state index contributed by atoms with van der Waals surface area (Å²) in [5, 5.41) is 3.62. The Labute approximate surface area is 236 Å². The number of methoxy groups -OCH3 is 2. The molecule has 1 saturated heterocycles. The van der Waals surface area contributed by atoms with Crippen LogP contribution in [0.15, 0.2) is 48.2 Å². The van der Waals surface area contributed by atoms with Gasteiger partial charge in [-0.05, 0) is 78.5 Å². The van der Waals surface area contributed by atoms with E-state index in [4.69, 9.17) is 25.8 Å². The molecular formula is C31H39ClN2O5. The van der Waals surface area contributed by atoms with Gasteiger partial charge in [0.2, 0.25) is 5.91 Å². The molecule has 210 valence electrons. The number of amides is 2. The van der Waals surface area contributed by atoms with Gasteiger partial charge in [0.1, 0.15) is 12.6 Å². The Morgan fingerprint density at radius 3 is 2.49 bits per heavy atom. The van der Waals surface area contributed by atoms with E-state index in [9.17, 15) is 9.59 Å². The molecule has 39 heavy (non-hydrogen) atoms. The van der Waals surface area contributed by atoms with Crippen LogP contribution in [0.1, 0.15) is 51.2 Å². The lowest BCUT2D eigenvalue weighted by Gasteiger charge is -2.48. The highest BCUT2D eigenvalue weighted by Gasteiger charge is 2.46. The van der Waals surface area contributed by atoms with Gasteiger partial charge in [-0.3, -0.25) is 9.59 Å². The second-order valence-electron chi connectivity index (χ2n) is 11.4. The molecule has 8 heteroatoms. The Bertz CT molecular complexity index is 1200. The lowest BCUT2D eigenvalue weighted by Crippen LogP contribution is -2.58. The quantitative estimate of drug-likeness (QED) is 0.436. The molecule has 2 amide bonds. The second-order valence-corrected chi connectivity index (χ2v) is 11.8. The summed E-state index contributed by atoms with van der Waals surface area (Å²) in [4.78, 5) is 28.5. The molecule has 1 saturated carbocycles. The zero-order valence-electron chi connectivity index (χ0n) is 23.5. The van der Waals surface area contributed by atoms with E-state index in [-0.39, 0.29) is 41.7 Å². The number of hydrogen-bond donors (Lipinski definition) is 1. The van der Waals surface area contributed by atoms with Crippen LogP contribution >= 0.6 is 11.6 Å². The fourth-order valence-corrected chi connectivity index (χ4v) is 5.59. The minimum atomic E-state index is -0.254. The lowest BCUT2D eigenvalue weighted by molar-refractivity contribution is -0.154. The van der Waals surface area contributed by atoms with Gasteiger partial charge >= 0.3 is 0 Å². The van der Waals surface area contributed by atoms with Gasteiger partial charge in [-0.2, -0.15) is 0 Å². The summed E-state index contributed by atoms with van der Waals surface area (Å²) in [5.74, 6) is 1.58. The van der Waals surface area contributed by atoms with Gasteiger partial charge in [-0.1, -0.05) is 50.6 Å². The summed E-state index contributed by atoms with van der Waals surface area (Å²) in [5.41, 5.74) is 1.95. The Balaban J connectivity index is 1.47. The van der Waals surface area contributed by atoms with E-state index in [0.717, 1.165) is 30.4 Å². The molecule has 2 aliphatic rings. The molecule has 4 rings (SSSR count). The van der Waals surface area contributed by atoms with Crippen LogP contribution in [0.5, 0.6) is 11.5 Å². The number of nitrogens with zero attached hydrogens (tertiary/aromatic N) is 1. The van der Waals surface area contributed by atoms with Gasteiger partial charge in [0.25, 0.3) is 5.91 Å².